The fraction of sp³-hybridized carbons (Fsp3) is 0.611. The zero-order chi connectivity index (χ0) is 17.9. The summed E-state index contributed by atoms with van der Waals surface area (Å²) in [5.74, 6) is -0.134. The van der Waals surface area contributed by atoms with E-state index in [4.69, 9.17) is 0 Å². The van der Waals surface area contributed by atoms with Crippen LogP contribution in [0.1, 0.15) is 46.7 Å². The first-order chi connectivity index (χ1) is 12.7. The standard InChI is InChI=1S/C18H26N6OS.2ClH/c1-13(23-8-4-17-14(11-23)5-9-26-17)10-20-18(25)16-12-24(22-21-16)15-2-6-19-7-3-15;;/h5,9,12-13,15,19H,2-4,6-8,10-11H2,1H3,(H,20,25);2*1H. The molecule has 1 fully saturated rings. The van der Waals surface area contributed by atoms with E-state index in [0.717, 1.165) is 45.4 Å². The van der Waals surface area contributed by atoms with Crippen LogP contribution in [0.5, 0.6) is 0 Å². The molecule has 0 spiro atoms. The highest BCUT2D eigenvalue weighted by Crippen LogP contribution is 2.25. The Morgan fingerprint density at radius 2 is 2.18 bits per heavy atom. The molecule has 0 bridgehead atoms. The molecule has 2 N–H and O–H groups in total. The molecule has 0 aliphatic carbocycles. The van der Waals surface area contributed by atoms with Gasteiger partial charge in [-0.15, -0.1) is 41.2 Å². The van der Waals surface area contributed by atoms with Crippen LogP contribution in [0.2, 0.25) is 0 Å². The maximum absolute atomic E-state index is 12.4. The third-order valence-corrected chi connectivity index (χ3v) is 6.47. The van der Waals surface area contributed by atoms with E-state index < -0.39 is 0 Å². The van der Waals surface area contributed by atoms with Crippen molar-refractivity contribution in [1.82, 2.24) is 30.5 Å². The molecule has 2 aliphatic rings. The van der Waals surface area contributed by atoms with E-state index in [9.17, 15) is 4.79 Å². The largest absolute Gasteiger partial charge is 0.349 e. The number of rotatable bonds is 5. The summed E-state index contributed by atoms with van der Waals surface area (Å²) in [5.41, 5.74) is 1.85. The molecule has 1 atom stereocenters. The molecule has 7 nitrogen and oxygen atoms in total. The highest BCUT2D eigenvalue weighted by Gasteiger charge is 2.23. The SMILES string of the molecule is CC(CNC(=O)c1cn(C2CCNCC2)nn1)N1CCc2sccc2C1.Cl.Cl. The average molecular weight is 447 g/mol. The molecule has 1 amide bonds. The van der Waals surface area contributed by atoms with Crippen LogP contribution in [0.15, 0.2) is 17.6 Å². The van der Waals surface area contributed by atoms with Gasteiger partial charge in [0.1, 0.15) is 0 Å². The lowest BCUT2D eigenvalue weighted by Gasteiger charge is -2.32. The predicted octanol–water partition coefficient (Wildman–Crippen LogP) is 2.28. The Morgan fingerprint density at radius 3 is 2.96 bits per heavy atom. The van der Waals surface area contributed by atoms with Crippen molar-refractivity contribution in [2.45, 2.75) is 44.8 Å². The van der Waals surface area contributed by atoms with Crippen molar-refractivity contribution >= 4 is 42.1 Å². The molecule has 28 heavy (non-hydrogen) atoms. The van der Waals surface area contributed by atoms with Gasteiger partial charge in [0, 0.05) is 30.6 Å². The van der Waals surface area contributed by atoms with E-state index in [-0.39, 0.29) is 30.7 Å². The predicted molar refractivity (Wildman–Crippen MR) is 116 cm³/mol. The number of piperidine rings is 1. The first kappa shape index (κ1) is 23.1. The van der Waals surface area contributed by atoms with Gasteiger partial charge < -0.3 is 10.6 Å². The molecule has 4 rings (SSSR count). The molecule has 1 saturated heterocycles. The smallest absolute Gasteiger partial charge is 0.273 e. The van der Waals surface area contributed by atoms with Gasteiger partial charge in [-0.1, -0.05) is 5.21 Å². The average Bonchev–Trinajstić information content (AvgIpc) is 3.35. The molecule has 2 aromatic heterocycles. The first-order valence-corrected chi connectivity index (χ1v) is 10.3. The number of hydrogen-bond acceptors (Lipinski definition) is 6. The number of amides is 1. The van der Waals surface area contributed by atoms with Crippen molar-refractivity contribution in [3.63, 3.8) is 0 Å². The van der Waals surface area contributed by atoms with Gasteiger partial charge >= 0.3 is 0 Å². The second-order valence-electron chi connectivity index (χ2n) is 7.21. The minimum Gasteiger partial charge on any atom is -0.349 e. The van der Waals surface area contributed by atoms with Crippen molar-refractivity contribution in [2.24, 2.45) is 0 Å². The zero-order valence-electron chi connectivity index (χ0n) is 16.0. The van der Waals surface area contributed by atoms with Crippen molar-refractivity contribution in [2.75, 3.05) is 26.2 Å². The van der Waals surface area contributed by atoms with E-state index in [1.807, 2.05) is 16.0 Å². The Balaban J connectivity index is 0.00000140. The second kappa shape index (κ2) is 10.5. The second-order valence-corrected chi connectivity index (χ2v) is 8.21. The number of thiophene rings is 1. The quantitative estimate of drug-likeness (QED) is 0.736. The Labute approximate surface area is 182 Å². The van der Waals surface area contributed by atoms with Crippen LogP contribution in [-0.2, 0) is 13.0 Å². The lowest BCUT2D eigenvalue weighted by atomic mass is 10.1. The van der Waals surface area contributed by atoms with E-state index in [1.54, 1.807) is 6.20 Å². The fourth-order valence-corrected chi connectivity index (χ4v) is 4.63. The summed E-state index contributed by atoms with van der Waals surface area (Å²) < 4.78 is 1.85. The molecule has 0 aromatic carbocycles. The molecular weight excluding hydrogens is 419 g/mol. The zero-order valence-corrected chi connectivity index (χ0v) is 18.4. The van der Waals surface area contributed by atoms with E-state index in [2.05, 4.69) is 44.2 Å². The lowest BCUT2D eigenvalue weighted by Crippen LogP contribution is -2.44. The molecule has 1 unspecified atom stereocenters. The monoisotopic (exact) mass is 446 g/mol. The minimum atomic E-state index is -0.134. The van der Waals surface area contributed by atoms with Crippen LogP contribution in [0.3, 0.4) is 0 Å². The van der Waals surface area contributed by atoms with Gasteiger partial charge in [0.05, 0.1) is 12.2 Å². The number of nitrogens with zero attached hydrogens (tertiary/aromatic N) is 4. The summed E-state index contributed by atoms with van der Waals surface area (Å²) in [7, 11) is 0. The van der Waals surface area contributed by atoms with Crippen LogP contribution in [0.25, 0.3) is 0 Å². The molecule has 2 aromatic rings. The number of nitrogens with one attached hydrogen (secondary N) is 2. The highest BCUT2D eigenvalue weighted by atomic mass is 35.5. The van der Waals surface area contributed by atoms with Crippen molar-refractivity contribution in [1.29, 1.82) is 0 Å². The van der Waals surface area contributed by atoms with Crippen LogP contribution in [0.4, 0.5) is 0 Å². The summed E-state index contributed by atoms with van der Waals surface area (Å²) in [6.07, 6.45) is 4.95. The number of aromatic nitrogens is 3. The molecule has 10 heteroatoms. The Bertz CT molecular complexity index is 761. The molecule has 156 valence electrons. The maximum atomic E-state index is 12.4. The summed E-state index contributed by atoms with van der Waals surface area (Å²) in [6.45, 7) is 6.80. The Kier molecular flexibility index (Phi) is 8.70. The molecular formula is C18H28Cl2N6OS. The van der Waals surface area contributed by atoms with Gasteiger partial charge in [-0.3, -0.25) is 9.69 Å². The van der Waals surface area contributed by atoms with Gasteiger partial charge in [0.2, 0.25) is 0 Å². The number of fused-ring (bicyclic) bond motifs is 1. The van der Waals surface area contributed by atoms with Crippen LogP contribution >= 0.6 is 36.2 Å². The van der Waals surface area contributed by atoms with Crippen LogP contribution in [0, 0.1) is 0 Å². The summed E-state index contributed by atoms with van der Waals surface area (Å²) in [5, 5.41) is 16.8. The van der Waals surface area contributed by atoms with Crippen molar-refractivity contribution in [3.8, 4) is 0 Å². The highest BCUT2D eigenvalue weighted by molar-refractivity contribution is 7.10. The summed E-state index contributed by atoms with van der Waals surface area (Å²) >= 11 is 1.85. The van der Waals surface area contributed by atoms with Gasteiger partial charge in [-0.05, 0) is 56.3 Å². The Hall–Kier alpha value is -1.19. The van der Waals surface area contributed by atoms with Gasteiger partial charge in [0.25, 0.3) is 5.91 Å². The lowest BCUT2D eigenvalue weighted by molar-refractivity contribution is 0.0927. The molecule has 2 aliphatic heterocycles. The van der Waals surface area contributed by atoms with Crippen LogP contribution < -0.4 is 10.6 Å². The Morgan fingerprint density at radius 1 is 1.39 bits per heavy atom. The molecule has 4 heterocycles. The van der Waals surface area contributed by atoms with Crippen LogP contribution in [-0.4, -0.2) is 58.0 Å². The third-order valence-electron chi connectivity index (χ3n) is 5.44. The molecule has 0 radical (unpaired) electrons. The third kappa shape index (κ3) is 5.24. The maximum Gasteiger partial charge on any atom is 0.273 e. The van der Waals surface area contributed by atoms with Crippen molar-refractivity contribution in [3.05, 3.63) is 33.8 Å². The van der Waals surface area contributed by atoms with E-state index in [0.29, 0.717) is 24.3 Å². The minimum absolute atomic E-state index is 0. The van der Waals surface area contributed by atoms with Crippen molar-refractivity contribution < 1.29 is 4.79 Å². The number of carbonyl (C=O) groups is 1. The topological polar surface area (TPSA) is 75.1 Å². The normalized spacial score (nSPS) is 18.5. The van der Waals surface area contributed by atoms with Gasteiger partial charge in [0.15, 0.2) is 5.69 Å². The summed E-state index contributed by atoms with van der Waals surface area (Å²) in [6, 6.07) is 2.86. The van der Waals surface area contributed by atoms with E-state index >= 15 is 0 Å². The number of hydrogen-bond donors (Lipinski definition) is 2. The summed E-state index contributed by atoms with van der Waals surface area (Å²) in [4.78, 5) is 16.4. The number of halogens is 2. The molecule has 0 saturated carbocycles. The first-order valence-electron chi connectivity index (χ1n) is 9.41. The number of carbonyl (C=O) groups excluding carboxylic acids is 1. The van der Waals surface area contributed by atoms with Gasteiger partial charge in [-0.25, -0.2) is 4.68 Å². The van der Waals surface area contributed by atoms with E-state index in [1.165, 1.54) is 10.4 Å². The fourth-order valence-electron chi connectivity index (χ4n) is 3.74. The van der Waals surface area contributed by atoms with Gasteiger partial charge in [-0.2, -0.15) is 0 Å².